The Morgan fingerprint density at radius 3 is 1.25 bits per heavy atom. The van der Waals surface area contributed by atoms with Crippen LogP contribution in [0.15, 0.2) is 0 Å². The second kappa shape index (κ2) is 8.91. The molecule has 0 saturated heterocycles. The van der Waals surface area contributed by atoms with Crippen LogP contribution in [-0.4, -0.2) is 0 Å². The van der Waals surface area contributed by atoms with Crippen LogP contribution in [0.1, 0.15) is 0 Å². The Labute approximate surface area is 53.8 Å². The molecular formula is F2OTh. The van der Waals surface area contributed by atoms with Crippen molar-refractivity contribution < 1.29 is 54.1 Å². The second-order valence-corrected chi connectivity index (χ2v) is 0.0583. The molecule has 1 nitrogen and oxygen atoms in total. The first-order valence-electron chi connectivity index (χ1n) is 0.309. The molecule has 0 rings (SSSR count). The van der Waals surface area contributed by atoms with Gasteiger partial charge in [-0.3, -0.25) is 0 Å². The van der Waals surface area contributed by atoms with E-state index in [-0.39, 0.29) is 39.9 Å². The van der Waals surface area contributed by atoms with E-state index in [0.29, 0.717) is 0 Å². The SMILES string of the molecule is FOF.[Th]. The molecule has 0 aliphatic heterocycles. The molecule has 0 aromatic heterocycles. The smallest absolute Gasteiger partial charge is 0.0104 e. The van der Waals surface area contributed by atoms with Gasteiger partial charge in [0.25, 0.3) is 0 Å². The molecule has 4 heavy (non-hydrogen) atoms. The summed E-state index contributed by atoms with van der Waals surface area (Å²) in [6.07, 6.45) is 0. The minimum absolute atomic E-state index is 0. The molecule has 0 aromatic rings. The first-order chi connectivity index (χ1) is 1.41. The standard InChI is InChI=1S/F2O.Th/c1-3-2;. The van der Waals surface area contributed by atoms with Crippen molar-refractivity contribution in [2.75, 3.05) is 0 Å². The zero-order valence-electron chi connectivity index (χ0n) is 1.66. The summed E-state index contributed by atoms with van der Waals surface area (Å²) >= 11 is 0. The van der Waals surface area contributed by atoms with E-state index in [0.717, 1.165) is 0 Å². The predicted octanol–water partition coefficient (Wildman–Crippen LogP) is 0.772. The van der Waals surface area contributed by atoms with E-state index in [4.69, 9.17) is 9.05 Å². The molecule has 0 spiro atoms. The van der Waals surface area contributed by atoms with E-state index in [2.05, 4.69) is 0 Å². The van der Waals surface area contributed by atoms with Gasteiger partial charge < -0.3 is 0 Å². The maximum absolute atomic E-state index is 9.12. The van der Waals surface area contributed by atoms with Crippen LogP contribution in [0.25, 0.3) is 0 Å². The molecule has 0 saturated carbocycles. The quantitative estimate of drug-likeness (QED) is 0.639. The molecule has 0 aliphatic rings. The molecule has 0 aliphatic carbocycles. The molecular weight excluding hydrogens is 286 g/mol. The van der Waals surface area contributed by atoms with Crippen molar-refractivity contribution >= 4 is 0 Å². The van der Waals surface area contributed by atoms with Gasteiger partial charge in [-0.25, -0.2) is 0 Å². The summed E-state index contributed by atoms with van der Waals surface area (Å²) in [5.41, 5.74) is 0. The van der Waals surface area contributed by atoms with E-state index in [1.54, 1.807) is 0 Å². The van der Waals surface area contributed by atoms with E-state index < -0.39 is 0 Å². The van der Waals surface area contributed by atoms with Crippen LogP contribution < -0.4 is 0 Å². The Balaban J connectivity index is 0. The topological polar surface area (TPSA) is 9.23 Å². The zero-order valence-corrected chi connectivity index (χ0v) is 5.77. The van der Waals surface area contributed by atoms with Gasteiger partial charge in [0.05, 0.1) is 0 Å². The van der Waals surface area contributed by atoms with Crippen LogP contribution in [-0.2, 0) is 5.15 Å². The van der Waals surface area contributed by atoms with E-state index in [1.165, 1.54) is 5.15 Å². The van der Waals surface area contributed by atoms with Crippen LogP contribution in [0.5, 0.6) is 0 Å². The number of halogens is 2. The van der Waals surface area contributed by atoms with Crippen molar-refractivity contribution in [3.63, 3.8) is 0 Å². The summed E-state index contributed by atoms with van der Waals surface area (Å²) in [6.45, 7) is 0. The van der Waals surface area contributed by atoms with E-state index in [9.17, 15) is 0 Å². The molecule has 24 valence electrons. The molecule has 0 radical (unpaired) electrons. The fourth-order valence-electron chi connectivity index (χ4n) is 0. The maximum atomic E-state index is 9.12. The fourth-order valence-corrected chi connectivity index (χ4v) is 0. The molecule has 4 heteroatoms. The van der Waals surface area contributed by atoms with Crippen LogP contribution in [0, 0.1) is 39.9 Å². The molecule has 0 N–H and O–H groups in total. The monoisotopic (exact) mass is 286 g/mol. The van der Waals surface area contributed by atoms with Gasteiger partial charge in [0.1, 0.15) is 0 Å². The summed E-state index contributed by atoms with van der Waals surface area (Å²) in [6, 6.07) is 0. The first kappa shape index (κ1) is 8.94. The van der Waals surface area contributed by atoms with Crippen LogP contribution in [0.2, 0.25) is 0 Å². The summed E-state index contributed by atoms with van der Waals surface area (Å²) in [5, 5.41) is 1.25. The predicted molar refractivity (Wildman–Crippen MR) is 3.30 cm³/mol. The average Bonchev–Trinajstić information content (AvgIpc) is 0.918. The van der Waals surface area contributed by atoms with Crippen LogP contribution >= 0.6 is 0 Å². The molecule has 0 atom stereocenters. The van der Waals surface area contributed by atoms with Gasteiger partial charge >= 0.3 is 0 Å². The van der Waals surface area contributed by atoms with Crippen molar-refractivity contribution in [3.05, 3.63) is 0 Å². The van der Waals surface area contributed by atoms with Gasteiger partial charge in [-0.05, 0) is 9.05 Å². The summed E-state index contributed by atoms with van der Waals surface area (Å²) in [4.78, 5) is 0. The molecule has 0 amide bonds. The van der Waals surface area contributed by atoms with Gasteiger partial charge in [-0.2, -0.15) is 0 Å². The molecule has 0 fully saturated rings. The van der Waals surface area contributed by atoms with Gasteiger partial charge in [-0.15, -0.1) is 0 Å². The second-order valence-electron chi connectivity index (χ2n) is 0.0583. The maximum Gasteiger partial charge on any atom is 0.0209 e. The van der Waals surface area contributed by atoms with E-state index in [1.807, 2.05) is 0 Å². The molecule has 0 aromatic carbocycles. The number of hydrogen-bond donors (Lipinski definition) is 0. The van der Waals surface area contributed by atoms with Gasteiger partial charge in [0.15, 0.2) is 0 Å². The Bertz CT molecular complexity index is 6.00. The minimum atomic E-state index is 0. The molecule has 0 unspecified atom stereocenters. The van der Waals surface area contributed by atoms with Crippen LogP contribution in [0.4, 0.5) is 9.05 Å². The van der Waals surface area contributed by atoms with Crippen molar-refractivity contribution in [1.82, 2.24) is 0 Å². The summed E-state index contributed by atoms with van der Waals surface area (Å²) in [5.74, 6) is 0. The minimum Gasteiger partial charge on any atom is -0.0104 e. The zero-order chi connectivity index (χ0) is 2.71. The normalized spacial score (nSPS) is 4.50. The summed E-state index contributed by atoms with van der Waals surface area (Å²) in [7, 11) is 0. The van der Waals surface area contributed by atoms with Gasteiger partial charge in [0, 0.05) is 45.1 Å². The third kappa shape index (κ3) is 11.0. The Morgan fingerprint density at radius 1 is 1.25 bits per heavy atom. The number of hydrogen-bond acceptors (Lipinski definition) is 1. The third-order valence-electron chi connectivity index (χ3n) is 0. The Kier molecular flexibility index (Phi) is 19.9. The van der Waals surface area contributed by atoms with Crippen molar-refractivity contribution in [3.8, 4) is 0 Å². The van der Waals surface area contributed by atoms with Crippen molar-refractivity contribution in [1.29, 1.82) is 0 Å². The fraction of sp³-hybridized carbons (Fsp3) is 0. The Morgan fingerprint density at radius 2 is 1.25 bits per heavy atom. The van der Waals surface area contributed by atoms with Gasteiger partial charge in [-0.1, -0.05) is 0 Å². The average molecular weight is 286 g/mol. The van der Waals surface area contributed by atoms with Crippen molar-refractivity contribution in [2.45, 2.75) is 0 Å². The Hall–Kier alpha value is 1.14. The van der Waals surface area contributed by atoms with Crippen molar-refractivity contribution in [2.24, 2.45) is 0 Å². The van der Waals surface area contributed by atoms with Gasteiger partial charge in [0.2, 0.25) is 0 Å². The number of rotatable bonds is 0. The molecule has 0 heterocycles. The van der Waals surface area contributed by atoms with E-state index >= 15 is 0 Å². The van der Waals surface area contributed by atoms with Crippen LogP contribution in [0.3, 0.4) is 0 Å². The molecule has 0 bridgehead atoms. The third-order valence-corrected chi connectivity index (χ3v) is 0. The summed E-state index contributed by atoms with van der Waals surface area (Å²) < 4.78 is 18.2. The first-order valence-corrected chi connectivity index (χ1v) is 0.309. The largest absolute Gasteiger partial charge is 0.0209 e.